The summed E-state index contributed by atoms with van der Waals surface area (Å²) in [6, 6.07) is 0. The summed E-state index contributed by atoms with van der Waals surface area (Å²) in [6.07, 6.45) is 1.69. The van der Waals surface area contributed by atoms with Crippen LogP contribution in [0.4, 0.5) is 0 Å². The molecule has 0 bridgehead atoms. The van der Waals surface area contributed by atoms with E-state index >= 15 is 0 Å². The molecular formula is C3H6N3P. The Bertz CT molecular complexity index is 142. The predicted molar refractivity (Wildman–Crippen MR) is 30.3 cm³/mol. The molecule has 0 saturated heterocycles. The summed E-state index contributed by atoms with van der Waals surface area (Å²) in [5, 5.41) is 7.28. The van der Waals surface area contributed by atoms with Crippen LogP contribution in [0.2, 0.25) is 0 Å². The number of rotatable bonds is 0. The summed E-state index contributed by atoms with van der Waals surface area (Å²) < 4.78 is 1.69. The smallest absolute Gasteiger partial charge is 0.0764 e. The summed E-state index contributed by atoms with van der Waals surface area (Å²) in [6.45, 7) is 0. The topological polar surface area (TPSA) is 30.7 Å². The minimum Gasteiger partial charge on any atom is -0.249 e. The quantitative estimate of drug-likeness (QED) is 0.419. The average Bonchev–Trinajstić information content (AvgIpc) is 1.91. The number of hydrogen-bond donors (Lipinski definition) is 0. The van der Waals surface area contributed by atoms with Gasteiger partial charge in [0.1, 0.15) is 0 Å². The normalized spacial score (nSPS) is 9.43. The van der Waals surface area contributed by atoms with Crippen LogP contribution in [0.5, 0.6) is 0 Å². The van der Waals surface area contributed by atoms with Crippen molar-refractivity contribution in [1.82, 2.24) is 15.0 Å². The van der Waals surface area contributed by atoms with Gasteiger partial charge in [0.2, 0.25) is 0 Å². The van der Waals surface area contributed by atoms with Crippen molar-refractivity contribution in [2.75, 3.05) is 0 Å². The van der Waals surface area contributed by atoms with E-state index in [1.165, 1.54) is 0 Å². The second-order valence-corrected chi connectivity index (χ2v) is 1.87. The third kappa shape index (κ3) is 0.775. The number of hydrogen-bond acceptors (Lipinski definition) is 2. The molecule has 3 nitrogen and oxygen atoms in total. The Morgan fingerprint density at radius 1 is 1.86 bits per heavy atom. The van der Waals surface area contributed by atoms with Gasteiger partial charge in [-0.2, -0.15) is 0 Å². The first-order chi connectivity index (χ1) is 3.30. The molecule has 1 unspecified atom stereocenters. The Balaban J connectivity index is 3.12. The zero-order chi connectivity index (χ0) is 5.28. The summed E-state index contributed by atoms with van der Waals surface area (Å²) >= 11 is 0. The average molecular weight is 115 g/mol. The molecule has 0 saturated carbocycles. The zero-order valence-electron chi connectivity index (χ0n) is 4.00. The zero-order valence-corrected chi connectivity index (χ0v) is 5.15. The van der Waals surface area contributed by atoms with Crippen LogP contribution in [-0.4, -0.2) is 15.0 Å². The van der Waals surface area contributed by atoms with Crippen LogP contribution in [0.25, 0.3) is 0 Å². The maximum Gasteiger partial charge on any atom is 0.0764 e. The molecule has 0 aliphatic heterocycles. The summed E-state index contributed by atoms with van der Waals surface area (Å²) in [7, 11) is 4.35. The van der Waals surface area contributed by atoms with Crippen LogP contribution >= 0.6 is 9.24 Å². The molecule has 0 aromatic carbocycles. The number of aryl methyl sites for hydroxylation is 1. The Hall–Kier alpha value is -0.430. The minimum absolute atomic E-state index is 1.00. The van der Waals surface area contributed by atoms with Gasteiger partial charge in [0.25, 0.3) is 0 Å². The maximum absolute atomic E-state index is 3.66. The third-order valence-corrected chi connectivity index (χ3v) is 1.27. The Morgan fingerprint density at radius 2 is 2.57 bits per heavy atom. The molecule has 0 fully saturated rings. The van der Waals surface area contributed by atoms with Crippen molar-refractivity contribution in [3.8, 4) is 0 Å². The molecule has 0 aliphatic carbocycles. The molecule has 1 atom stereocenters. The van der Waals surface area contributed by atoms with Gasteiger partial charge in [-0.15, -0.1) is 5.10 Å². The van der Waals surface area contributed by atoms with E-state index in [2.05, 4.69) is 19.6 Å². The Labute approximate surface area is 43.9 Å². The Morgan fingerprint density at radius 3 is 2.71 bits per heavy atom. The van der Waals surface area contributed by atoms with Crippen molar-refractivity contribution in [2.45, 2.75) is 0 Å². The van der Waals surface area contributed by atoms with E-state index in [1.807, 2.05) is 7.05 Å². The third-order valence-electron chi connectivity index (χ3n) is 0.749. The fourth-order valence-corrected chi connectivity index (χ4v) is 0.416. The fourth-order valence-electron chi connectivity index (χ4n) is 0.298. The van der Waals surface area contributed by atoms with Gasteiger partial charge in [0, 0.05) is 7.05 Å². The van der Waals surface area contributed by atoms with Crippen LogP contribution in [0.3, 0.4) is 0 Å². The molecule has 0 aliphatic rings. The van der Waals surface area contributed by atoms with E-state index in [4.69, 9.17) is 0 Å². The lowest BCUT2D eigenvalue weighted by Gasteiger charge is -1.84. The van der Waals surface area contributed by atoms with Crippen LogP contribution in [0.1, 0.15) is 0 Å². The van der Waals surface area contributed by atoms with Crippen molar-refractivity contribution in [2.24, 2.45) is 7.05 Å². The molecule has 1 rings (SSSR count). The van der Waals surface area contributed by atoms with E-state index in [1.54, 1.807) is 10.9 Å². The predicted octanol–water partition coefficient (Wildman–Crippen LogP) is -0.684. The van der Waals surface area contributed by atoms with Crippen molar-refractivity contribution in [3.05, 3.63) is 6.20 Å². The Kier molecular flexibility index (Phi) is 1.07. The molecule has 0 spiro atoms. The van der Waals surface area contributed by atoms with Crippen LogP contribution in [0.15, 0.2) is 6.20 Å². The molecule has 0 N–H and O–H groups in total. The van der Waals surface area contributed by atoms with Gasteiger partial charge in [0.15, 0.2) is 0 Å². The monoisotopic (exact) mass is 115 g/mol. The van der Waals surface area contributed by atoms with Crippen LogP contribution < -0.4 is 5.44 Å². The van der Waals surface area contributed by atoms with E-state index in [0.717, 1.165) is 5.44 Å². The number of nitrogens with zero attached hydrogens (tertiary/aromatic N) is 3. The molecular weight excluding hydrogens is 109 g/mol. The van der Waals surface area contributed by atoms with Crippen molar-refractivity contribution >= 4 is 14.7 Å². The lowest BCUT2D eigenvalue weighted by Crippen LogP contribution is -2.04. The summed E-state index contributed by atoms with van der Waals surface area (Å²) in [5.74, 6) is 0. The van der Waals surface area contributed by atoms with E-state index in [0.29, 0.717) is 0 Å². The molecule has 0 amide bonds. The van der Waals surface area contributed by atoms with Gasteiger partial charge in [-0.3, -0.25) is 0 Å². The molecule has 38 valence electrons. The van der Waals surface area contributed by atoms with Crippen molar-refractivity contribution < 1.29 is 0 Å². The fraction of sp³-hybridized carbons (Fsp3) is 0.333. The molecule has 1 aromatic rings. The number of aromatic nitrogens is 3. The van der Waals surface area contributed by atoms with E-state index in [9.17, 15) is 0 Å². The van der Waals surface area contributed by atoms with Gasteiger partial charge in [-0.05, 0) is 0 Å². The van der Waals surface area contributed by atoms with Gasteiger partial charge >= 0.3 is 0 Å². The first-order valence-electron chi connectivity index (χ1n) is 1.91. The first kappa shape index (κ1) is 4.72. The van der Waals surface area contributed by atoms with Gasteiger partial charge in [-0.25, -0.2) is 4.68 Å². The molecule has 4 heteroatoms. The highest BCUT2D eigenvalue weighted by Crippen LogP contribution is 1.78. The maximum atomic E-state index is 3.66. The largest absolute Gasteiger partial charge is 0.249 e. The highest BCUT2D eigenvalue weighted by atomic mass is 31.0. The van der Waals surface area contributed by atoms with Gasteiger partial charge < -0.3 is 0 Å². The lowest BCUT2D eigenvalue weighted by atomic mass is 10.9. The van der Waals surface area contributed by atoms with E-state index < -0.39 is 0 Å². The van der Waals surface area contributed by atoms with Crippen LogP contribution in [-0.2, 0) is 7.05 Å². The standard InChI is InChI=1S/C3H6N3P/c1-6-3(7)2-4-5-6/h2H,7H2,1H3. The van der Waals surface area contributed by atoms with Crippen molar-refractivity contribution in [3.63, 3.8) is 0 Å². The first-order valence-corrected chi connectivity index (χ1v) is 2.48. The highest BCUT2D eigenvalue weighted by Gasteiger charge is 1.85. The van der Waals surface area contributed by atoms with Crippen molar-refractivity contribution in [1.29, 1.82) is 0 Å². The van der Waals surface area contributed by atoms with Gasteiger partial charge in [0.05, 0.1) is 11.6 Å². The van der Waals surface area contributed by atoms with Gasteiger partial charge in [-0.1, -0.05) is 14.5 Å². The molecule has 1 aromatic heterocycles. The SMILES string of the molecule is Cn1nncc1P. The highest BCUT2D eigenvalue weighted by molar-refractivity contribution is 7.26. The minimum atomic E-state index is 1.00. The lowest BCUT2D eigenvalue weighted by molar-refractivity contribution is 0.730. The second kappa shape index (κ2) is 1.58. The molecule has 7 heavy (non-hydrogen) atoms. The molecule has 0 radical (unpaired) electrons. The second-order valence-electron chi connectivity index (χ2n) is 1.28. The van der Waals surface area contributed by atoms with E-state index in [-0.39, 0.29) is 0 Å². The van der Waals surface area contributed by atoms with Crippen LogP contribution in [0, 0.1) is 0 Å². The summed E-state index contributed by atoms with van der Waals surface area (Å²) in [4.78, 5) is 0. The summed E-state index contributed by atoms with van der Waals surface area (Å²) in [5.41, 5.74) is 1.00. The molecule has 1 heterocycles.